The highest BCUT2D eigenvalue weighted by Gasteiger charge is 2.21. The molecule has 0 spiro atoms. The predicted octanol–water partition coefficient (Wildman–Crippen LogP) is 1.24. The molecule has 0 radical (unpaired) electrons. The first-order chi connectivity index (χ1) is 5.90. The summed E-state index contributed by atoms with van der Waals surface area (Å²) in [5.41, 5.74) is -0.148. The highest BCUT2D eigenvalue weighted by Crippen LogP contribution is 2.13. The Balaban J connectivity index is 4.05. The largest absolute Gasteiger partial charge is 0.463 e. The zero-order valence-electron chi connectivity index (χ0n) is 8.00. The van der Waals surface area contributed by atoms with Gasteiger partial charge in [-0.1, -0.05) is 20.8 Å². The lowest BCUT2D eigenvalue weighted by Crippen LogP contribution is -2.22. The molecular weight excluding hydrogens is 168 g/mol. The molecule has 0 aromatic heterocycles. The Morgan fingerprint density at radius 1 is 1.38 bits per heavy atom. The molecule has 0 fully saturated rings. The van der Waals surface area contributed by atoms with Gasteiger partial charge in [0.1, 0.15) is 0 Å². The van der Waals surface area contributed by atoms with Crippen LogP contribution in [0.3, 0.4) is 0 Å². The Labute approximate surface area is 77.7 Å². The molecule has 0 aliphatic carbocycles. The van der Waals surface area contributed by atoms with Gasteiger partial charge in [-0.25, -0.2) is 4.79 Å². The summed E-state index contributed by atoms with van der Waals surface area (Å²) < 4.78 is 4.77. The summed E-state index contributed by atoms with van der Waals surface area (Å²) in [4.78, 5) is 11.0. The third-order valence-corrected chi connectivity index (χ3v) is 1.14. The van der Waals surface area contributed by atoms with E-state index in [0.29, 0.717) is 0 Å². The summed E-state index contributed by atoms with van der Waals surface area (Å²) in [5, 5.41) is 16.7. The van der Waals surface area contributed by atoms with Gasteiger partial charge in [-0.05, 0) is 5.41 Å². The summed E-state index contributed by atoms with van der Waals surface area (Å²) in [5.74, 6) is -2.07. The van der Waals surface area contributed by atoms with Crippen molar-refractivity contribution in [3.05, 3.63) is 0 Å². The van der Waals surface area contributed by atoms with Crippen molar-refractivity contribution in [2.75, 3.05) is 6.61 Å². The van der Waals surface area contributed by atoms with Gasteiger partial charge in [0.25, 0.3) is 0 Å². The predicted molar refractivity (Wildman–Crippen MR) is 45.1 cm³/mol. The first-order valence-electron chi connectivity index (χ1n) is 3.86. The molecule has 0 aliphatic heterocycles. The van der Waals surface area contributed by atoms with Crippen molar-refractivity contribution in [1.82, 2.24) is 0 Å². The van der Waals surface area contributed by atoms with Crippen LogP contribution in [0.1, 0.15) is 20.8 Å². The normalized spacial score (nSPS) is 10.3. The zero-order chi connectivity index (χ0) is 10.5. The number of rotatable bonds is 2. The number of esters is 1. The molecule has 0 bridgehead atoms. The average molecular weight is 180 g/mol. The van der Waals surface area contributed by atoms with Crippen molar-refractivity contribution in [1.29, 1.82) is 10.5 Å². The molecule has 0 aromatic rings. The quantitative estimate of drug-likeness (QED) is 0.599. The van der Waals surface area contributed by atoms with Gasteiger partial charge in [-0.3, -0.25) is 0 Å². The Kier molecular flexibility index (Phi) is 3.94. The summed E-state index contributed by atoms with van der Waals surface area (Å²) in [6.07, 6.45) is 0. The highest BCUT2D eigenvalue weighted by atomic mass is 16.5. The number of carbonyl (C=O) groups is 1. The van der Waals surface area contributed by atoms with Crippen LogP contribution in [0.15, 0.2) is 0 Å². The second kappa shape index (κ2) is 4.47. The number of hydrogen-bond donors (Lipinski definition) is 0. The molecular formula is C9H12N2O2. The Morgan fingerprint density at radius 3 is 2.15 bits per heavy atom. The van der Waals surface area contributed by atoms with Gasteiger partial charge in [0.15, 0.2) is 0 Å². The number of ether oxygens (including phenoxy) is 1. The minimum Gasteiger partial charge on any atom is -0.463 e. The van der Waals surface area contributed by atoms with Crippen molar-refractivity contribution >= 4 is 5.97 Å². The zero-order valence-corrected chi connectivity index (χ0v) is 8.00. The number of nitriles is 2. The van der Waals surface area contributed by atoms with E-state index in [4.69, 9.17) is 15.3 Å². The SMILES string of the molecule is CC(C)(C)COC(=O)C(C#N)C#N. The van der Waals surface area contributed by atoms with Gasteiger partial charge < -0.3 is 4.74 Å². The van der Waals surface area contributed by atoms with Crippen LogP contribution in [-0.2, 0) is 9.53 Å². The summed E-state index contributed by atoms with van der Waals surface area (Å²) >= 11 is 0. The molecule has 0 atom stereocenters. The van der Waals surface area contributed by atoms with Crippen molar-refractivity contribution in [2.45, 2.75) is 20.8 Å². The highest BCUT2D eigenvalue weighted by molar-refractivity contribution is 5.78. The topological polar surface area (TPSA) is 73.9 Å². The van der Waals surface area contributed by atoms with E-state index in [-0.39, 0.29) is 12.0 Å². The van der Waals surface area contributed by atoms with Gasteiger partial charge in [-0.2, -0.15) is 10.5 Å². The molecule has 0 N–H and O–H groups in total. The van der Waals surface area contributed by atoms with Gasteiger partial charge >= 0.3 is 5.97 Å². The van der Waals surface area contributed by atoms with E-state index in [1.807, 2.05) is 20.8 Å². The maximum absolute atomic E-state index is 11.0. The average Bonchev–Trinajstić information content (AvgIpc) is 2.02. The molecule has 0 aliphatic rings. The maximum Gasteiger partial charge on any atom is 0.338 e. The number of nitrogens with zero attached hydrogens (tertiary/aromatic N) is 2. The van der Waals surface area contributed by atoms with Crippen LogP contribution < -0.4 is 0 Å². The number of carbonyl (C=O) groups excluding carboxylic acids is 1. The molecule has 0 aromatic carbocycles. The monoisotopic (exact) mass is 180 g/mol. The first kappa shape index (κ1) is 11.4. The van der Waals surface area contributed by atoms with Crippen LogP contribution in [-0.4, -0.2) is 12.6 Å². The van der Waals surface area contributed by atoms with E-state index in [1.54, 1.807) is 12.1 Å². The first-order valence-corrected chi connectivity index (χ1v) is 3.86. The smallest absolute Gasteiger partial charge is 0.338 e. The molecule has 70 valence electrons. The second-order valence-corrected chi connectivity index (χ2v) is 3.86. The number of hydrogen-bond acceptors (Lipinski definition) is 4. The van der Waals surface area contributed by atoms with Crippen LogP contribution in [0.5, 0.6) is 0 Å². The third-order valence-electron chi connectivity index (χ3n) is 1.14. The maximum atomic E-state index is 11.0. The molecule has 4 heteroatoms. The van der Waals surface area contributed by atoms with Crippen molar-refractivity contribution < 1.29 is 9.53 Å². The summed E-state index contributed by atoms with van der Waals surface area (Å²) in [7, 11) is 0. The molecule has 0 saturated heterocycles. The van der Waals surface area contributed by atoms with E-state index in [2.05, 4.69) is 0 Å². The van der Waals surface area contributed by atoms with E-state index in [9.17, 15) is 4.79 Å². The molecule has 4 nitrogen and oxygen atoms in total. The van der Waals surface area contributed by atoms with E-state index < -0.39 is 11.9 Å². The van der Waals surface area contributed by atoms with Gasteiger partial charge in [0.2, 0.25) is 5.92 Å². The second-order valence-electron chi connectivity index (χ2n) is 3.86. The van der Waals surface area contributed by atoms with Gasteiger partial charge in [-0.15, -0.1) is 0 Å². The van der Waals surface area contributed by atoms with Crippen LogP contribution in [0, 0.1) is 34.0 Å². The lowest BCUT2D eigenvalue weighted by Gasteiger charge is -2.17. The van der Waals surface area contributed by atoms with Crippen molar-refractivity contribution in [2.24, 2.45) is 11.3 Å². The fourth-order valence-electron chi connectivity index (χ4n) is 0.505. The van der Waals surface area contributed by atoms with E-state index in [0.717, 1.165) is 0 Å². The Morgan fingerprint density at radius 2 is 1.85 bits per heavy atom. The van der Waals surface area contributed by atoms with Crippen molar-refractivity contribution in [3.63, 3.8) is 0 Å². The van der Waals surface area contributed by atoms with Crippen LogP contribution in [0.4, 0.5) is 0 Å². The molecule has 0 saturated carbocycles. The lowest BCUT2D eigenvalue weighted by molar-refractivity contribution is -0.147. The molecule has 0 unspecified atom stereocenters. The fraction of sp³-hybridized carbons (Fsp3) is 0.667. The Hall–Kier alpha value is -1.55. The molecule has 13 heavy (non-hydrogen) atoms. The molecule has 0 amide bonds. The summed E-state index contributed by atoms with van der Waals surface area (Å²) in [6.45, 7) is 5.90. The standard InChI is InChI=1S/C9H12N2O2/c1-9(2,3)6-13-8(12)7(4-10)5-11/h7H,6H2,1-3H3. The van der Waals surface area contributed by atoms with Crippen LogP contribution in [0.2, 0.25) is 0 Å². The van der Waals surface area contributed by atoms with E-state index in [1.165, 1.54) is 0 Å². The van der Waals surface area contributed by atoms with E-state index >= 15 is 0 Å². The summed E-state index contributed by atoms with van der Waals surface area (Å²) in [6, 6.07) is 3.10. The van der Waals surface area contributed by atoms with Crippen molar-refractivity contribution in [3.8, 4) is 12.1 Å². The lowest BCUT2D eigenvalue weighted by atomic mass is 9.99. The minimum absolute atomic E-state index is 0.148. The van der Waals surface area contributed by atoms with Gasteiger partial charge in [0, 0.05) is 0 Å². The molecule has 0 heterocycles. The Bertz CT molecular complexity index is 251. The third kappa shape index (κ3) is 4.81. The fourth-order valence-corrected chi connectivity index (χ4v) is 0.505. The van der Waals surface area contributed by atoms with Gasteiger partial charge in [0.05, 0.1) is 18.7 Å². The van der Waals surface area contributed by atoms with Crippen LogP contribution in [0.25, 0.3) is 0 Å². The van der Waals surface area contributed by atoms with Crippen LogP contribution >= 0.6 is 0 Å². The minimum atomic E-state index is -1.30. The molecule has 0 rings (SSSR count).